The summed E-state index contributed by atoms with van der Waals surface area (Å²) in [5.74, 6) is -0.755. The molecular weight excluding hydrogens is 388 g/mol. The van der Waals surface area contributed by atoms with E-state index >= 15 is 0 Å². The molecule has 2 unspecified atom stereocenters. The van der Waals surface area contributed by atoms with E-state index in [1.807, 2.05) is 0 Å². The number of hydrogen-bond acceptors (Lipinski definition) is 7. The van der Waals surface area contributed by atoms with Crippen LogP contribution in [-0.2, 0) is 0 Å². The van der Waals surface area contributed by atoms with E-state index < -0.39 is 12.0 Å². The molecule has 28 heavy (non-hydrogen) atoms. The lowest BCUT2D eigenvalue weighted by molar-refractivity contribution is 0.0919. The Morgan fingerprint density at radius 3 is 2.89 bits per heavy atom. The maximum atomic E-state index is 12.8. The van der Waals surface area contributed by atoms with Gasteiger partial charge in [-0.05, 0) is 18.2 Å². The molecule has 10 nitrogen and oxygen atoms in total. The van der Waals surface area contributed by atoms with Crippen molar-refractivity contribution >= 4 is 29.9 Å². The molecule has 148 valence electrons. The summed E-state index contributed by atoms with van der Waals surface area (Å²) in [5.41, 5.74) is 6.11. The average molecular weight is 407 g/mol. The summed E-state index contributed by atoms with van der Waals surface area (Å²) in [7, 11) is 0. The molecule has 0 bridgehead atoms. The number of carbonyl (C=O) groups is 2. The first kappa shape index (κ1) is 19.8. The second kappa shape index (κ2) is 7.97. The monoisotopic (exact) mass is 406 g/mol. The van der Waals surface area contributed by atoms with Gasteiger partial charge in [-0.2, -0.15) is 0 Å². The summed E-state index contributed by atoms with van der Waals surface area (Å²) in [6.07, 6.45) is 2.31. The Kier molecular flexibility index (Phi) is 5.63. The molecule has 5 N–H and O–H groups in total. The van der Waals surface area contributed by atoms with E-state index in [0.29, 0.717) is 31.1 Å². The van der Waals surface area contributed by atoms with Crippen LogP contribution < -0.4 is 16.4 Å². The molecule has 11 heteroatoms. The van der Waals surface area contributed by atoms with E-state index in [9.17, 15) is 14.7 Å². The second-order valence-electron chi connectivity index (χ2n) is 6.35. The topological polar surface area (TPSA) is 148 Å². The van der Waals surface area contributed by atoms with Gasteiger partial charge in [0.25, 0.3) is 11.8 Å². The highest BCUT2D eigenvalue weighted by Crippen LogP contribution is 2.22. The van der Waals surface area contributed by atoms with Crippen molar-refractivity contribution in [3.05, 3.63) is 42.2 Å². The number of β-amino-alcohol motifs (C(OH)–C–C–N with tert-alkyl or cyclic N) is 1. The fourth-order valence-electron chi connectivity index (χ4n) is 3.11. The summed E-state index contributed by atoms with van der Waals surface area (Å²) in [4.78, 5) is 32.8. The van der Waals surface area contributed by atoms with Gasteiger partial charge in [-0.3, -0.25) is 14.0 Å². The summed E-state index contributed by atoms with van der Waals surface area (Å²) < 4.78 is 6.76. The largest absolute Gasteiger partial charge is 0.463 e. The van der Waals surface area contributed by atoms with Crippen molar-refractivity contribution < 1.29 is 19.1 Å². The Morgan fingerprint density at radius 2 is 2.25 bits per heavy atom. The maximum Gasteiger partial charge on any atom is 0.271 e. The van der Waals surface area contributed by atoms with Gasteiger partial charge in [0.15, 0.2) is 17.1 Å². The summed E-state index contributed by atoms with van der Waals surface area (Å²) in [5, 5.41) is 15.8. The van der Waals surface area contributed by atoms with E-state index in [-0.39, 0.29) is 41.3 Å². The number of amides is 2. The molecule has 1 saturated heterocycles. The first-order chi connectivity index (χ1) is 13.0. The molecule has 3 aromatic heterocycles. The zero-order chi connectivity index (χ0) is 19.0. The minimum absolute atomic E-state index is 0. The Morgan fingerprint density at radius 1 is 1.43 bits per heavy atom. The Hall–Kier alpha value is -2.95. The number of primary amides is 1. The van der Waals surface area contributed by atoms with Crippen molar-refractivity contribution in [2.45, 2.75) is 6.10 Å². The van der Waals surface area contributed by atoms with Gasteiger partial charge in [0, 0.05) is 25.6 Å². The molecule has 2 amide bonds. The minimum atomic E-state index is -0.742. The first-order valence-corrected chi connectivity index (χ1v) is 8.43. The molecule has 0 aliphatic carbocycles. The van der Waals surface area contributed by atoms with E-state index in [1.165, 1.54) is 17.0 Å². The molecule has 0 aromatic carbocycles. The second-order valence-corrected chi connectivity index (χ2v) is 6.35. The molecule has 1 aliphatic rings. The average Bonchev–Trinajstić information content (AvgIpc) is 3.39. The number of fused-ring (bicyclic) bond motifs is 1. The van der Waals surface area contributed by atoms with Gasteiger partial charge in [-0.1, -0.05) is 0 Å². The number of aliphatic hydroxyl groups excluding tert-OH is 1. The minimum Gasteiger partial charge on any atom is -0.463 e. The molecule has 0 spiro atoms. The highest BCUT2D eigenvalue weighted by Gasteiger charge is 2.26. The van der Waals surface area contributed by atoms with E-state index in [0.717, 1.165) is 0 Å². The Balaban J connectivity index is 0.00000225. The van der Waals surface area contributed by atoms with Gasteiger partial charge in [0.1, 0.15) is 17.7 Å². The molecule has 2 atom stereocenters. The van der Waals surface area contributed by atoms with Crippen LogP contribution in [0.15, 0.2) is 35.2 Å². The van der Waals surface area contributed by atoms with Crippen LogP contribution in [0.5, 0.6) is 0 Å². The van der Waals surface area contributed by atoms with E-state index in [1.54, 1.807) is 18.2 Å². The number of aromatic nitrogens is 3. The number of rotatable bonds is 5. The van der Waals surface area contributed by atoms with Crippen LogP contribution in [-0.4, -0.2) is 57.0 Å². The van der Waals surface area contributed by atoms with Gasteiger partial charge in [-0.25, -0.2) is 9.97 Å². The van der Waals surface area contributed by atoms with Crippen LogP contribution >= 0.6 is 12.4 Å². The lowest BCUT2D eigenvalue weighted by atomic mass is 10.1. The molecule has 0 saturated carbocycles. The van der Waals surface area contributed by atoms with Gasteiger partial charge in [-0.15, -0.1) is 12.4 Å². The number of carbonyl (C=O) groups excluding carboxylic acids is 2. The van der Waals surface area contributed by atoms with Gasteiger partial charge >= 0.3 is 0 Å². The standard InChI is InChI=1S/C17H18N6O4.ClH/c18-15(25)14-16-22-10(13-2-1-3-27-13)4-11(23(16)8-21-14)17(26)20-6-9-5-19-7-12(9)24;/h1-4,8-9,12,19,24H,5-7H2,(H2,18,25)(H,20,26);1H. The molecule has 1 aliphatic heterocycles. The van der Waals surface area contributed by atoms with Gasteiger partial charge in [0.2, 0.25) is 0 Å². The number of nitrogens with zero attached hydrogens (tertiary/aromatic N) is 3. The number of aliphatic hydroxyl groups is 1. The Bertz CT molecular complexity index is 1000. The number of furan rings is 1. The van der Waals surface area contributed by atoms with Gasteiger partial charge in [0.05, 0.1) is 12.4 Å². The van der Waals surface area contributed by atoms with Crippen molar-refractivity contribution in [3.63, 3.8) is 0 Å². The highest BCUT2D eigenvalue weighted by molar-refractivity contribution is 5.99. The van der Waals surface area contributed by atoms with E-state index in [4.69, 9.17) is 10.2 Å². The van der Waals surface area contributed by atoms with Crippen molar-refractivity contribution in [2.75, 3.05) is 19.6 Å². The first-order valence-electron chi connectivity index (χ1n) is 8.43. The van der Waals surface area contributed by atoms with Crippen LogP contribution in [0.3, 0.4) is 0 Å². The fourth-order valence-corrected chi connectivity index (χ4v) is 3.11. The zero-order valence-electron chi connectivity index (χ0n) is 14.7. The van der Waals surface area contributed by atoms with Crippen LogP contribution in [0, 0.1) is 5.92 Å². The lowest BCUT2D eigenvalue weighted by Gasteiger charge is -2.15. The van der Waals surface area contributed by atoms with Crippen molar-refractivity contribution in [3.8, 4) is 11.5 Å². The molecular formula is C17H19ClN6O4. The third kappa shape index (κ3) is 3.57. The molecule has 0 radical (unpaired) electrons. The van der Waals surface area contributed by atoms with Crippen LogP contribution in [0.2, 0.25) is 0 Å². The zero-order valence-corrected chi connectivity index (χ0v) is 15.5. The normalized spacial score (nSPS) is 18.8. The van der Waals surface area contributed by atoms with Crippen LogP contribution in [0.4, 0.5) is 0 Å². The maximum absolute atomic E-state index is 12.8. The van der Waals surface area contributed by atoms with Gasteiger partial charge < -0.3 is 25.9 Å². The molecule has 4 rings (SSSR count). The number of imidazole rings is 1. The number of hydrogen-bond donors (Lipinski definition) is 4. The molecule has 3 aromatic rings. The lowest BCUT2D eigenvalue weighted by Crippen LogP contribution is -2.35. The Labute approximate surface area is 165 Å². The van der Waals surface area contributed by atoms with Crippen LogP contribution in [0.25, 0.3) is 17.1 Å². The van der Waals surface area contributed by atoms with Crippen molar-refractivity contribution in [2.24, 2.45) is 11.7 Å². The third-order valence-corrected chi connectivity index (χ3v) is 4.57. The van der Waals surface area contributed by atoms with Crippen molar-refractivity contribution in [1.82, 2.24) is 25.0 Å². The predicted molar refractivity (Wildman–Crippen MR) is 101 cm³/mol. The summed E-state index contributed by atoms with van der Waals surface area (Å²) in [6, 6.07) is 4.94. The SMILES string of the molecule is Cl.NC(=O)c1ncn2c(C(=O)NCC3CNCC3O)cc(-c3ccco3)nc12. The molecule has 1 fully saturated rings. The summed E-state index contributed by atoms with van der Waals surface area (Å²) >= 11 is 0. The summed E-state index contributed by atoms with van der Waals surface area (Å²) in [6.45, 7) is 1.44. The van der Waals surface area contributed by atoms with E-state index in [2.05, 4.69) is 20.6 Å². The number of nitrogens with one attached hydrogen (secondary N) is 2. The quantitative estimate of drug-likeness (QED) is 0.459. The third-order valence-electron chi connectivity index (χ3n) is 4.57. The number of halogens is 1. The van der Waals surface area contributed by atoms with Crippen molar-refractivity contribution in [1.29, 1.82) is 0 Å². The fraction of sp³-hybridized carbons (Fsp3) is 0.294. The molecule has 4 heterocycles. The van der Waals surface area contributed by atoms with Crippen LogP contribution in [0.1, 0.15) is 21.0 Å². The number of nitrogens with two attached hydrogens (primary N) is 1. The predicted octanol–water partition coefficient (Wildman–Crippen LogP) is -0.180. The smallest absolute Gasteiger partial charge is 0.271 e. The highest BCUT2D eigenvalue weighted by atomic mass is 35.5.